The van der Waals surface area contributed by atoms with Crippen LogP contribution in [0.25, 0.3) is 0 Å². The first-order valence-corrected chi connectivity index (χ1v) is 8.48. The molecular formula is C18H24N2O3. The van der Waals surface area contributed by atoms with Crippen LogP contribution in [-0.2, 0) is 4.79 Å². The molecule has 1 saturated carbocycles. The molecule has 23 heavy (non-hydrogen) atoms. The summed E-state index contributed by atoms with van der Waals surface area (Å²) in [6.45, 7) is 2.90. The number of amides is 1. The maximum Gasteiger partial charge on any atom is 0.308 e. The minimum Gasteiger partial charge on any atom is -0.481 e. The van der Waals surface area contributed by atoms with Crippen LogP contribution in [0.1, 0.15) is 36.0 Å². The third kappa shape index (κ3) is 3.55. The zero-order valence-corrected chi connectivity index (χ0v) is 13.4. The number of carboxylic acid groups (broad SMARTS) is 1. The molecule has 1 aromatic rings. The van der Waals surface area contributed by atoms with E-state index >= 15 is 0 Å². The van der Waals surface area contributed by atoms with Crippen molar-refractivity contribution in [1.29, 1.82) is 0 Å². The highest BCUT2D eigenvalue weighted by atomic mass is 16.4. The van der Waals surface area contributed by atoms with Crippen molar-refractivity contribution >= 4 is 11.9 Å². The van der Waals surface area contributed by atoms with Gasteiger partial charge in [0.2, 0.25) is 0 Å². The van der Waals surface area contributed by atoms with Gasteiger partial charge in [-0.3, -0.25) is 14.5 Å². The van der Waals surface area contributed by atoms with Crippen LogP contribution in [-0.4, -0.2) is 59.0 Å². The molecule has 2 fully saturated rings. The Morgan fingerprint density at radius 3 is 2.26 bits per heavy atom. The summed E-state index contributed by atoms with van der Waals surface area (Å²) in [6.07, 6.45) is 3.87. The number of hydrogen-bond donors (Lipinski definition) is 1. The molecule has 1 saturated heterocycles. The van der Waals surface area contributed by atoms with E-state index in [0.717, 1.165) is 44.3 Å². The van der Waals surface area contributed by atoms with Gasteiger partial charge in [0.1, 0.15) is 0 Å². The molecule has 1 aliphatic carbocycles. The molecule has 2 aliphatic rings. The summed E-state index contributed by atoms with van der Waals surface area (Å²) in [6, 6.07) is 9.48. The van der Waals surface area contributed by atoms with Crippen LogP contribution < -0.4 is 0 Å². The topological polar surface area (TPSA) is 60.9 Å². The van der Waals surface area contributed by atoms with Gasteiger partial charge in [-0.05, 0) is 25.0 Å². The molecule has 1 N–H and O–H groups in total. The normalized spacial score (nSPS) is 26.0. The molecule has 1 aliphatic heterocycles. The molecule has 1 aromatic carbocycles. The third-order valence-corrected chi connectivity index (χ3v) is 5.14. The Morgan fingerprint density at radius 2 is 1.61 bits per heavy atom. The fourth-order valence-electron chi connectivity index (χ4n) is 3.86. The fourth-order valence-corrected chi connectivity index (χ4v) is 3.86. The fraction of sp³-hybridized carbons (Fsp3) is 0.556. The quantitative estimate of drug-likeness (QED) is 0.927. The van der Waals surface area contributed by atoms with Crippen LogP contribution in [0.15, 0.2) is 30.3 Å². The van der Waals surface area contributed by atoms with Crippen molar-refractivity contribution in [3.8, 4) is 0 Å². The zero-order chi connectivity index (χ0) is 16.2. The van der Waals surface area contributed by atoms with E-state index in [0.29, 0.717) is 13.1 Å². The van der Waals surface area contributed by atoms with Crippen molar-refractivity contribution in [1.82, 2.24) is 9.80 Å². The van der Waals surface area contributed by atoms with Crippen LogP contribution >= 0.6 is 0 Å². The van der Waals surface area contributed by atoms with Crippen molar-refractivity contribution in [2.45, 2.75) is 31.7 Å². The van der Waals surface area contributed by atoms with Crippen molar-refractivity contribution in [2.24, 2.45) is 5.92 Å². The number of piperazine rings is 1. The van der Waals surface area contributed by atoms with Gasteiger partial charge in [0, 0.05) is 37.8 Å². The summed E-state index contributed by atoms with van der Waals surface area (Å²) in [5.74, 6) is -0.846. The van der Waals surface area contributed by atoms with E-state index in [1.54, 1.807) is 0 Å². The molecule has 3 rings (SSSR count). The van der Waals surface area contributed by atoms with Gasteiger partial charge in [-0.25, -0.2) is 0 Å². The lowest BCUT2D eigenvalue weighted by Gasteiger charge is -2.43. The number of carbonyl (C=O) groups excluding carboxylic acids is 1. The average Bonchev–Trinajstić information content (AvgIpc) is 2.62. The molecule has 0 bridgehead atoms. The van der Waals surface area contributed by atoms with Gasteiger partial charge in [0.15, 0.2) is 0 Å². The van der Waals surface area contributed by atoms with Gasteiger partial charge in [0.25, 0.3) is 5.91 Å². The second-order valence-corrected chi connectivity index (χ2v) is 6.49. The van der Waals surface area contributed by atoms with Gasteiger partial charge < -0.3 is 10.0 Å². The van der Waals surface area contributed by atoms with Crippen LogP contribution in [0, 0.1) is 5.92 Å². The van der Waals surface area contributed by atoms with E-state index in [2.05, 4.69) is 4.90 Å². The van der Waals surface area contributed by atoms with Crippen LogP contribution in [0.5, 0.6) is 0 Å². The predicted octanol–water partition coefficient (Wildman–Crippen LogP) is 2.09. The largest absolute Gasteiger partial charge is 0.481 e. The maximum absolute atomic E-state index is 12.5. The average molecular weight is 316 g/mol. The summed E-state index contributed by atoms with van der Waals surface area (Å²) < 4.78 is 0. The first-order valence-electron chi connectivity index (χ1n) is 8.48. The Labute approximate surface area is 136 Å². The molecular weight excluding hydrogens is 292 g/mol. The Morgan fingerprint density at radius 1 is 0.957 bits per heavy atom. The first kappa shape index (κ1) is 16.0. The number of aliphatic carboxylic acids is 1. The van der Waals surface area contributed by atoms with Crippen molar-refractivity contribution in [2.75, 3.05) is 26.2 Å². The van der Waals surface area contributed by atoms with Crippen LogP contribution in [0.3, 0.4) is 0 Å². The summed E-state index contributed by atoms with van der Waals surface area (Å²) >= 11 is 0. The van der Waals surface area contributed by atoms with E-state index in [9.17, 15) is 14.7 Å². The number of carbonyl (C=O) groups is 2. The van der Waals surface area contributed by atoms with Crippen molar-refractivity contribution in [3.05, 3.63) is 35.9 Å². The van der Waals surface area contributed by atoms with E-state index in [1.807, 2.05) is 35.2 Å². The molecule has 124 valence electrons. The minimum atomic E-state index is -0.669. The van der Waals surface area contributed by atoms with Gasteiger partial charge >= 0.3 is 5.97 Å². The third-order valence-electron chi connectivity index (χ3n) is 5.14. The molecule has 0 radical (unpaired) electrons. The highest BCUT2D eigenvalue weighted by Crippen LogP contribution is 2.29. The second-order valence-electron chi connectivity index (χ2n) is 6.49. The van der Waals surface area contributed by atoms with Gasteiger partial charge in [0.05, 0.1) is 5.92 Å². The highest BCUT2D eigenvalue weighted by Gasteiger charge is 2.36. The molecule has 0 aromatic heterocycles. The highest BCUT2D eigenvalue weighted by molar-refractivity contribution is 5.94. The van der Waals surface area contributed by atoms with E-state index < -0.39 is 5.97 Å². The van der Waals surface area contributed by atoms with Crippen molar-refractivity contribution in [3.63, 3.8) is 0 Å². The van der Waals surface area contributed by atoms with E-state index in [-0.39, 0.29) is 17.9 Å². The predicted molar refractivity (Wildman–Crippen MR) is 87.3 cm³/mol. The Bertz CT molecular complexity index is 553. The summed E-state index contributed by atoms with van der Waals surface area (Å²) in [5, 5.41) is 9.44. The van der Waals surface area contributed by atoms with Gasteiger partial charge in [-0.15, -0.1) is 0 Å². The monoisotopic (exact) mass is 316 g/mol. The lowest BCUT2D eigenvalue weighted by atomic mass is 9.83. The molecule has 5 nitrogen and oxygen atoms in total. The molecule has 1 heterocycles. The summed E-state index contributed by atoms with van der Waals surface area (Å²) in [4.78, 5) is 28.1. The van der Waals surface area contributed by atoms with Gasteiger partial charge in [-0.2, -0.15) is 0 Å². The number of rotatable bonds is 3. The maximum atomic E-state index is 12.5. The number of carboxylic acids is 1. The molecule has 5 heteroatoms. The number of benzene rings is 1. The Hall–Kier alpha value is -1.88. The lowest BCUT2D eigenvalue weighted by molar-refractivity contribution is -0.146. The zero-order valence-electron chi connectivity index (χ0n) is 13.4. The SMILES string of the molecule is O=C(O)[C@H]1CCCC[C@@H]1N1CCN(C(=O)c2ccccc2)CC1. The van der Waals surface area contributed by atoms with Gasteiger partial charge in [-0.1, -0.05) is 31.0 Å². The second kappa shape index (κ2) is 7.13. The van der Waals surface area contributed by atoms with E-state index in [1.165, 1.54) is 0 Å². The first-order chi connectivity index (χ1) is 11.2. The molecule has 0 unspecified atom stereocenters. The lowest BCUT2D eigenvalue weighted by Crippen LogP contribution is -2.55. The van der Waals surface area contributed by atoms with Crippen LogP contribution in [0.4, 0.5) is 0 Å². The van der Waals surface area contributed by atoms with Crippen molar-refractivity contribution < 1.29 is 14.7 Å². The summed E-state index contributed by atoms with van der Waals surface area (Å²) in [5.41, 5.74) is 0.724. The number of hydrogen-bond acceptors (Lipinski definition) is 3. The molecule has 2 atom stereocenters. The Kier molecular flexibility index (Phi) is 4.96. The van der Waals surface area contributed by atoms with Crippen LogP contribution in [0.2, 0.25) is 0 Å². The standard InChI is InChI=1S/C18H24N2O3/c21-17(14-6-2-1-3-7-14)20-12-10-19(11-13-20)16-9-5-4-8-15(16)18(22)23/h1-3,6-7,15-16H,4-5,8-13H2,(H,22,23)/t15-,16-/m0/s1. The van der Waals surface area contributed by atoms with E-state index in [4.69, 9.17) is 0 Å². The molecule has 0 spiro atoms. The Balaban J connectivity index is 1.59. The molecule has 1 amide bonds. The minimum absolute atomic E-state index is 0.0729. The summed E-state index contributed by atoms with van der Waals surface area (Å²) in [7, 11) is 0. The number of nitrogens with zero attached hydrogens (tertiary/aromatic N) is 2. The smallest absolute Gasteiger partial charge is 0.308 e.